The molecular formula is C25H24F3N3O3S2. The number of rotatable bonds is 6. The van der Waals surface area contributed by atoms with E-state index in [-0.39, 0.29) is 10.0 Å². The summed E-state index contributed by atoms with van der Waals surface area (Å²) in [5, 5.41) is 5.15. The summed E-state index contributed by atoms with van der Waals surface area (Å²) in [6.07, 6.45) is 1.31. The van der Waals surface area contributed by atoms with Crippen molar-refractivity contribution in [3.63, 3.8) is 0 Å². The Labute approximate surface area is 211 Å². The molecule has 1 aromatic heterocycles. The Bertz CT molecular complexity index is 1390. The number of sulfonamides is 1. The van der Waals surface area contributed by atoms with E-state index in [1.807, 2.05) is 6.08 Å². The van der Waals surface area contributed by atoms with E-state index < -0.39 is 27.9 Å². The van der Waals surface area contributed by atoms with Gasteiger partial charge in [-0.25, -0.2) is 13.4 Å². The lowest BCUT2D eigenvalue weighted by Crippen LogP contribution is -2.21. The number of fused-ring (bicyclic) bond motifs is 1. The zero-order chi connectivity index (χ0) is 25.3. The first-order chi connectivity index (χ1) is 17.2. The average Bonchev–Trinajstić information content (AvgIpc) is 3.36. The van der Waals surface area contributed by atoms with Crippen LogP contribution >= 0.6 is 11.3 Å². The van der Waals surface area contributed by atoms with Crippen LogP contribution in [0, 0.1) is 0 Å². The molecule has 6 nitrogen and oxygen atoms in total. The first-order valence-electron chi connectivity index (χ1n) is 11.5. The fourth-order valence-corrected chi connectivity index (χ4v) is 6.40. The molecule has 0 spiro atoms. The molecule has 3 aromatic rings. The minimum Gasteiger partial charge on any atom is -0.485 e. The van der Waals surface area contributed by atoms with E-state index in [1.165, 1.54) is 29.7 Å². The molecule has 5 rings (SSSR count). The van der Waals surface area contributed by atoms with Crippen molar-refractivity contribution in [2.75, 3.05) is 17.8 Å². The predicted molar refractivity (Wildman–Crippen MR) is 133 cm³/mol. The highest BCUT2D eigenvalue weighted by Crippen LogP contribution is 2.40. The summed E-state index contributed by atoms with van der Waals surface area (Å²) in [6.45, 7) is 1.27. The van der Waals surface area contributed by atoms with Gasteiger partial charge in [0.2, 0.25) is 0 Å². The van der Waals surface area contributed by atoms with Crippen LogP contribution in [0.15, 0.2) is 58.9 Å². The molecule has 1 aliphatic heterocycles. The van der Waals surface area contributed by atoms with E-state index in [0.717, 1.165) is 35.3 Å². The summed E-state index contributed by atoms with van der Waals surface area (Å²) in [5.41, 5.74) is 2.25. The van der Waals surface area contributed by atoms with Gasteiger partial charge in [0.25, 0.3) is 10.0 Å². The maximum atomic E-state index is 13.4. The molecule has 0 bridgehead atoms. The minimum atomic E-state index is -4.45. The molecular weight excluding hydrogens is 511 g/mol. The van der Waals surface area contributed by atoms with Crippen molar-refractivity contribution in [1.29, 1.82) is 0 Å². The van der Waals surface area contributed by atoms with E-state index in [9.17, 15) is 21.6 Å². The Morgan fingerprint density at radius 3 is 2.72 bits per heavy atom. The predicted octanol–water partition coefficient (Wildman–Crippen LogP) is 5.80. The molecule has 1 aliphatic carbocycles. The van der Waals surface area contributed by atoms with Crippen molar-refractivity contribution < 1.29 is 26.3 Å². The highest BCUT2D eigenvalue weighted by atomic mass is 32.2. The summed E-state index contributed by atoms with van der Waals surface area (Å²) in [7, 11) is -3.80. The number of nitrogens with one attached hydrogen (secondary N) is 2. The molecule has 1 atom stereocenters. The van der Waals surface area contributed by atoms with Gasteiger partial charge < -0.3 is 10.1 Å². The lowest BCUT2D eigenvalue weighted by Gasteiger charge is -2.28. The second-order valence-corrected chi connectivity index (χ2v) is 11.3. The quantitative estimate of drug-likeness (QED) is 0.417. The number of benzene rings is 2. The van der Waals surface area contributed by atoms with E-state index in [0.29, 0.717) is 43.7 Å². The summed E-state index contributed by atoms with van der Waals surface area (Å²) in [6, 6.07) is 8.51. The van der Waals surface area contributed by atoms with Gasteiger partial charge in [-0.3, -0.25) is 4.72 Å². The van der Waals surface area contributed by atoms with Crippen molar-refractivity contribution >= 4 is 32.1 Å². The second kappa shape index (κ2) is 9.87. The highest BCUT2D eigenvalue weighted by molar-refractivity contribution is 7.93. The van der Waals surface area contributed by atoms with Crippen molar-refractivity contribution in [3.05, 3.63) is 76.3 Å². The molecule has 0 amide bonds. The first kappa shape index (κ1) is 24.8. The van der Waals surface area contributed by atoms with E-state index in [2.05, 4.69) is 15.0 Å². The van der Waals surface area contributed by atoms with Gasteiger partial charge in [-0.2, -0.15) is 13.2 Å². The maximum absolute atomic E-state index is 13.4. The number of anilines is 1. The smallest absolute Gasteiger partial charge is 0.416 e. The van der Waals surface area contributed by atoms with Gasteiger partial charge in [-0.1, -0.05) is 12.1 Å². The van der Waals surface area contributed by atoms with Crippen LogP contribution in [0.5, 0.6) is 5.75 Å². The molecule has 0 unspecified atom stereocenters. The number of aryl methyl sites for hydroxylation is 1. The number of aromatic nitrogens is 1. The summed E-state index contributed by atoms with van der Waals surface area (Å²) in [4.78, 5) is 4.10. The third-order valence-corrected chi connectivity index (χ3v) is 8.48. The molecule has 11 heteroatoms. The van der Waals surface area contributed by atoms with Crippen LogP contribution in [0.25, 0.3) is 5.57 Å². The largest absolute Gasteiger partial charge is 0.485 e. The lowest BCUT2D eigenvalue weighted by atomic mass is 9.89. The molecule has 0 saturated carbocycles. The highest BCUT2D eigenvalue weighted by Gasteiger charge is 2.32. The number of hydrogen-bond acceptors (Lipinski definition) is 6. The molecule has 36 heavy (non-hydrogen) atoms. The van der Waals surface area contributed by atoms with Crippen LogP contribution in [0.4, 0.5) is 18.3 Å². The van der Waals surface area contributed by atoms with Crippen molar-refractivity contribution in [3.8, 4) is 5.75 Å². The van der Waals surface area contributed by atoms with Crippen molar-refractivity contribution in [2.45, 2.75) is 42.9 Å². The number of ether oxygens (including phenoxy) is 1. The monoisotopic (exact) mass is 535 g/mol. The maximum Gasteiger partial charge on any atom is 0.416 e. The SMILES string of the molecule is O=S(=O)(Nc1nccs1)c1ccc2c(c1)CCC[C@H]2Oc1ccc(C(F)(F)F)cc1C1=CCNCC1. The molecule has 2 aliphatic rings. The van der Waals surface area contributed by atoms with Crippen molar-refractivity contribution in [1.82, 2.24) is 10.3 Å². The third-order valence-electron chi connectivity index (χ3n) is 6.32. The Hall–Kier alpha value is -2.89. The fourth-order valence-electron chi connectivity index (χ4n) is 4.56. The fraction of sp³-hybridized carbons (Fsp3) is 0.320. The van der Waals surface area contributed by atoms with E-state index >= 15 is 0 Å². The number of thiazole rings is 1. The van der Waals surface area contributed by atoms with E-state index in [1.54, 1.807) is 17.5 Å². The van der Waals surface area contributed by atoms with Crippen LogP contribution in [-0.2, 0) is 22.6 Å². The van der Waals surface area contributed by atoms with Gasteiger partial charge in [-0.15, -0.1) is 11.3 Å². The van der Waals surface area contributed by atoms with Gasteiger partial charge in [0.05, 0.1) is 10.5 Å². The summed E-state index contributed by atoms with van der Waals surface area (Å²) >= 11 is 1.19. The average molecular weight is 536 g/mol. The number of halogens is 3. The Balaban J connectivity index is 1.45. The van der Waals surface area contributed by atoms with Crippen molar-refractivity contribution in [2.24, 2.45) is 0 Å². The zero-order valence-corrected chi connectivity index (χ0v) is 20.8. The molecule has 0 fully saturated rings. The van der Waals surface area contributed by atoms with Crippen LogP contribution in [0.1, 0.15) is 47.6 Å². The second-order valence-electron chi connectivity index (χ2n) is 8.69. The third kappa shape index (κ3) is 5.28. The Morgan fingerprint density at radius 1 is 1.14 bits per heavy atom. The van der Waals surface area contributed by atoms with Gasteiger partial charge >= 0.3 is 6.18 Å². The summed E-state index contributed by atoms with van der Waals surface area (Å²) < 4.78 is 74.8. The topological polar surface area (TPSA) is 80.3 Å². The normalized spacial score (nSPS) is 18.3. The van der Waals surface area contributed by atoms with Gasteiger partial charge in [-0.05, 0) is 79.3 Å². The molecule has 0 radical (unpaired) electrons. The Kier molecular flexibility index (Phi) is 6.80. The number of nitrogens with zero attached hydrogens (tertiary/aromatic N) is 1. The number of alkyl halides is 3. The lowest BCUT2D eigenvalue weighted by molar-refractivity contribution is -0.137. The molecule has 0 saturated heterocycles. The molecule has 2 N–H and O–H groups in total. The minimum absolute atomic E-state index is 0.132. The molecule has 190 valence electrons. The van der Waals surface area contributed by atoms with E-state index in [4.69, 9.17) is 4.74 Å². The summed E-state index contributed by atoms with van der Waals surface area (Å²) in [5.74, 6) is 0.399. The van der Waals surface area contributed by atoms with Crippen LogP contribution in [0.2, 0.25) is 0 Å². The first-order valence-corrected chi connectivity index (χ1v) is 13.9. The molecule has 2 heterocycles. The standard InChI is InChI=1S/C25H24F3N3O3S2/c26-25(27,28)18-4-7-23(21(15-18)16-8-10-29-11-9-16)34-22-3-1-2-17-14-19(5-6-20(17)22)36(32,33)31-24-30-12-13-35-24/h4-8,12-15,22,29H,1-3,9-11H2,(H,30,31)/t22-/m1/s1. The number of hydrogen-bond donors (Lipinski definition) is 2. The van der Waals surface area contributed by atoms with Crippen LogP contribution < -0.4 is 14.8 Å². The zero-order valence-electron chi connectivity index (χ0n) is 19.1. The van der Waals surface area contributed by atoms with Crippen LogP contribution in [0.3, 0.4) is 0 Å². The van der Waals surface area contributed by atoms with Gasteiger partial charge in [0.1, 0.15) is 11.9 Å². The Morgan fingerprint density at radius 2 is 2.00 bits per heavy atom. The van der Waals surface area contributed by atoms with Crippen LogP contribution in [-0.4, -0.2) is 26.5 Å². The van der Waals surface area contributed by atoms with Gasteiger partial charge in [0.15, 0.2) is 5.13 Å². The van der Waals surface area contributed by atoms with Gasteiger partial charge in [0, 0.05) is 23.7 Å². The molecule has 2 aromatic carbocycles.